The Labute approximate surface area is 159 Å². The number of carbonyl (C=O) groups is 1. The monoisotopic (exact) mass is 408 g/mol. The van der Waals surface area contributed by atoms with E-state index in [9.17, 15) is 13.2 Å². The van der Waals surface area contributed by atoms with Gasteiger partial charge in [-0.3, -0.25) is 0 Å². The number of thiophene rings is 1. The van der Waals surface area contributed by atoms with Crippen molar-refractivity contribution in [3.05, 3.63) is 15.8 Å². The lowest BCUT2D eigenvalue weighted by Crippen LogP contribution is -2.43. The lowest BCUT2D eigenvalue weighted by molar-refractivity contribution is 0.0602. The molecule has 0 aliphatic carbocycles. The zero-order valence-corrected chi connectivity index (χ0v) is 16.9. The van der Waals surface area contributed by atoms with Gasteiger partial charge < -0.3 is 10.1 Å². The van der Waals surface area contributed by atoms with E-state index < -0.39 is 16.0 Å². The third-order valence-electron chi connectivity index (χ3n) is 5.05. The highest BCUT2D eigenvalue weighted by molar-refractivity contribution is 7.89. The highest BCUT2D eigenvalue weighted by Gasteiger charge is 2.36. The van der Waals surface area contributed by atoms with Crippen LogP contribution in [0.5, 0.6) is 0 Å². The highest BCUT2D eigenvalue weighted by atomic mass is 35.5. The fraction of sp³-hybridized carbons (Fsp3) is 0.688. The molecule has 0 amide bonds. The van der Waals surface area contributed by atoms with Crippen molar-refractivity contribution in [3.63, 3.8) is 0 Å². The van der Waals surface area contributed by atoms with Crippen molar-refractivity contribution in [1.29, 1.82) is 0 Å². The summed E-state index contributed by atoms with van der Waals surface area (Å²) in [7, 11) is -2.39. The lowest BCUT2D eigenvalue weighted by Gasteiger charge is -2.34. The van der Waals surface area contributed by atoms with E-state index in [0.29, 0.717) is 30.6 Å². The van der Waals surface area contributed by atoms with E-state index in [1.54, 1.807) is 12.3 Å². The van der Waals surface area contributed by atoms with Crippen LogP contribution < -0.4 is 5.32 Å². The fourth-order valence-electron chi connectivity index (χ4n) is 3.75. The topological polar surface area (TPSA) is 75.7 Å². The van der Waals surface area contributed by atoms with E-state index in [1.807, 2.05) is 0 Å². The van der Waals surface area contributed by atoms with E-state index in [1.165, 1.54) is 24.3 Å². The first-order chi connectivity index (χ1) is 11.4. The van der Waals surface area contributed by atoms with Gasteiger partial charge in [0.2, 0.25) is 10.0 Å². The van der Waals surface area contributed by atoms with E-state index in [-0.39, 0.29) is 22.2 Å². The fourth-order valence-corrected chi connectivity index (χ4v) is 6.88. The zero-order chi connectivity index (χ0) is 17.3. The Balaban J connectivity index is 0.00000225. The molecular weight excluding hydrogens is 384 g/mol. The third-order valence-corrected chi connectivity index (χ3v) is 8.35. The molecule has 6 nitrogen and oxygen atoms in total. The first kappa shape index (κ1) is 20.6. The van der Waals surface area contributed by atoms with Gasteiger partial charge in [0, 0.05) is 19.1 Å². The Bertz CT molecular complexity index is 706. The number of sulfonamides is 1. The molecule has 0 bridgehead atoms. The molecule has 3 rings (SSSR count). The van der Waals surface area contributed by atoms with Crippen LogP contribution in [0, 0.1) is 12.8 Å². The maximum Gasteiger partial charge on any atom is 0.349 e. The molecule has 0 spiro atoms. The Morgan fingerprint density at radius 2 is 2.00 bits per heavy atom. The van der Waals surface area contributed by atoms with Crippen molar-refractivity contribution >= 4 is 39.7 Å². The molecule has 1 aromatic rings. The van der Waals surface area contributed by atoms with Crippen molar-refractivity contribution in [2.24, 2.45) is 5.92 Å². The molecule has 2 fully saturated rings. The molecule has 1 aromatic heterocycles. The number of ether oxygens (including phenoxy) is 1. The number of nitrogens with one attached hydrogen (secondary N) is 1. The van der Waals surface area contributed by atoms with Crippen LogP contribution in [0.4, 0.5) is 0 Å². The summed E-state index contributed by atoms with van der Waals surface area (Å²) < 4.78 is 32.4. The van der Waals surface area contributed by atoms with Gasteiger partial charge in [-0.15, -0.1) is 23.7 Å². The Morgan fingerprint density at radius 3 is 2.56 bits per heavy atom. The number of aryl methyl sites for hydroxylation is 1. The molecule has 1 N–H and O–H groups in total. The second-order valence-corrected chi connectivity index (χ2v) is 9.27. The predicted molar refractivity (Wildman–Crippen MR) is 100 cm³/mol. The molecule has 0 radical (unpaired) electrons. The lowest BCUT2D eigenvalue weighted by atomic mass is 9.89. The van der Waals surface area contributed by atoms with Gasteiger partial charge in [-0.25, -0.2) is 13.2 Å². The number of methoxy groups -OCH3 is 1. The first-order valence-corrected chi connectivity index (χ1v) is 10.7. The second kappa shape index (κ2) is 8.35. The van der Waals surface area contributed by atoms with Gasteiger partial charge in [0.15, 0.2) is 0 Å². The second-order valence-electron chi connectivity index (χ2n) is 6.51. The van der Waals surface area contributed by atoms with Gasteiger partial charge in [-0.2, -0.15) is 4.31 Å². The van der Waals surface area contributed by atoms with Gasteiger partial charge >= 0.3 is 5.97 Å². The van der Waals surface area contributed by atoms with Crippen LogP contribution in [0.2, 0.25) is 0 Å². The summed E-state index contributed by atoms with van der Waals surface area (Å²) in [5, 5.41) is 5.22. The van der Waals surface area contributed by atoms with Crippen molar-refractivity contribution in [2.75, 3.05) is 26.7 Å². The molecule has 25 heavy (non-hydrogen) atoms. The summed E-state index contributed by atoms with van der Waals surface area (Å²) in [6, 6.07) is 0.531. The number of nitrogens with zero attached hydrogens (tertiary/aromatic N) is 1. The third kappa shape index (κ3) is 4.03. The average Bonchev–Trinajstić information content (AvgIpc) is 3.24. The minimum Gasteiger partial charge on any atom is -0.465 e. The van der Waals surface area contributed by atoms with Crippen LogP contribution >= 0.6 is 23.7 Å². The molecule has 9 heteroatoms. The maximum absolute atomic E-state index is 13.0. The van der Waals surface area contributed by atoms with Crippen molar-refractivity contribution in [1.82, 2.24) is 9.62 Å². The van der Waals surface area contributed by atoms with Gasteiger partial charge in [0.05, 0.1) is 7.11 Å². The minimum atomic E-state index is -3.66. The van der Waals surface area contributed by atoms with Gasteiger partial charge in [-0.05, 0) is 56.0 Å². The van der Waals surface area contributed by atoms with Crippen LogP contribution in [-0.4, -0.2) is 51.5 Å². The number of rotatable bonds is 4. The van der Waals surface area contributed by atoms with Crippen LogP contribution in [0.3, 0.4) is 0 Å². The summed E-state index contributed by atoms with van der Waals surface area (Å²) in [6.45, 7) is 3.83. The molecule has 142 valence electrons. The van der Waals surface area contributed by atoms with Crippen LogP contribution in [0.25, 0.3) is 0 Å². The Hall–Kier alpha value is -0.670. The van der Waals surface area contributed by atoms with Gasteiger partial charge in [0.25, 0.3) is 0 Å². The smallest absolute Gasteiger partial charge is 0.349 e. The van der Waals surface area contributed by atoms with Gasteiger partial charge in [-0.1, -0.05) is 0 Å². The van der Waals surface area contributed by atoms with Crippen LogP contribution in [-0.2, 0) is 14.8 Å². The molecule has 1 atom stereocenters. The number of piperidine rings is 1. The maximum atomic E-state index is 13.0. The average molecular weight is 409 g/mol. The Morgan fingerprint density at radius 1 is 1.32 bits per heavy atom. The molecule has 2 aliphatic heterocycles. The normalized spacial score (nSPS) is 22.6. The highest BCUT2D eigenvalue weighted by Crippen LogP contribution is 2.33. The van der Waals surface area contributed by atoms with E-state index >= 15 is 0 Å². The summed E-state index contributed by atoms with van der Waals surface area (Å²) in [6.07, 6.45) is 4.13. The Kier molecular flexibility index (Phi) is 6.89. The van der Waals surface area contributed by atoms with E-state index in [2.05, 4.69) is 5.32 Å². The van der Waals surface area contributed by atoms with Gasteiger partial charge in [0.1, 0.15) is 9.77 Å². The van der Waals surface area contributed by atoms with Crippen LogP contribution in [0.1, 0.15) is 40.9 Å². The number of halogens is 1. The molecule has 0 saturated carbocycles. The largest absolute Gasteiger partial charge is 0.465 e. The summed E-state index contributed by atoms with van der Waals surface area (Å²) in [5.41, 5.74) is 0.611. The van der Waals surface area contributed by atoms with E-state index in [4.69, 9.17) is 4.74 Å². The number of esters is 1. The SMILES string of the molecule is COC(=O)c1scc(C)c1S(=O)(=O)N1CCC(C2CCCN2)CC1.Cl. The zero-order valence-electron chi connectivity index (χ0n) is 14.5. The van der Waals surface area contributed by atoms with Crippen molar-refractivity contribution in [3.8, 4) is 0 Å². The minimum absolute atomic E-state index is 0. The molecular formula is C16H25ClN2O4S2. The molecule has 2 aliphatic rings. The first-order valence-electron chi connectivity index (χ1n) is 8.35. The summed E-state index contributed by atoms with van der Waals surface area (Å²) in [4.78, 5) is 12.2. The summed E-state index contributed by atoms with van der Waals surface area (Å²) >= 11 is 1.13. The standard InChI is InChI=1S/C16H24N2O4S2.ClH/c1-11-10-23-14(16(19)22-2)15(11)24(20,21)18-8-5-12(6-9-18)13-4-3-7-17-13;/h10,12-13,17H,3-9H2,1-2H3;1H. The molecule has 1 unspecified atom stereocenters. The molecule has 2 saturated heterocycles. The van der Waals surface area contributed by atoms with Crippen molar-refractivity contribution in [2.45, 2.75) is 43.5 Å². The number of hydrogen-bond acceptors (Lipinski definition) is 6. The quantitative estimate of drug-likeness (QED) is 0.774. The predicted octanol–water partition coefficient (Wildman–Crippen LogP) is 2.42. The number of hydrogen-bond donors (Lipinski definition) is 1. The van der Waals surface area contributed by atoms with E-state index in [0.717, 1.165) is 30.7 Å². The molecule has 3 heterocycles. The van der Waals surface area contributed by atoms with Crippen LogP contribution in [0.15, 0.2) is 10.3 Å². The summed E-state index contributed by atoms with van der Waals surface area (Å²) in [5.74, 6) is -0.0423. The number of carbonyl (C=O) groups excluding carboxylic acids is 1. The molecule has 0 aromatic carbocycles. The van der Waals surface area contributed by atoms with Crippen molar-refractivity contribution < 1.29 is 17.9 Å².